The van der Waals surface area contributed by atoms with Crippen LogP contribution in [0.15, 0.2) is 65.7 Å². The van der Waals surface area contributed by atoms with Crippen LogP contribution in [-0.4, -0.2) is 31.6 Å². The molecule has 0 aliphatic carbocycles. The third kappa shape index (κ3) is 4.02. The van der Waals surface area contributed by atoms with E-state index in [1.54, 1.807) is 6.92 Å². The van der Waals surface area contributed by atoms with Gasteiger partial charge in [0.2, 0.25) is 6.23 Å². The van der Waals surface area contributed by atoms with Gasteiger partial charge in [0.15, 0.2) is 0 Å². The van der Waals surface area contributed by atoms with Crippen LogP contribution in [0.1, 0.15) is 18.1 Å². The van der Waals surface area contributed by atoms with Crippen molar-refractivity contribution in [1.82, 2.24) is 0 Å². The molecular weight excluding hydrogens is 278 g/mol. The number of aliphatic imine (C=N–C) groups is 1. The van der Waals surface area contributed by atoms with E-state index in [1.807, 2.05) is 60.7 Å². The Hall–Kier alpha value is -2.46. The highest BCUT2D eigenvalue weighted by Crippen LogP contribution is 2.13. The lowest BCUT2D eigenvalue weighted by Crippen LogP contribution is -2.25. The second kappa shape index (κ2) is 8.10. The Morgan fingerprint density at radius 2 is 1.50 bits per heavy atom. The van der Waals surface area contributed by atoms with E-state index in [4.69, 9.17) is 9.47 Å². The second-order valence-electron chi connectivity index (χ2n) is 4.55. The molecule has 0 radical (unpaired) electrons. The lowest BCUT2D eigenvalue weighted by atomic mass is 10.0. The fourth-order valence-electron chi connectivity index (χ4n) is 2.04. The second-order valence-corrected chi connectivity index (χ2v) is 4.55. The predicted octanol–water partition coefficient (Wildman–Crippen LogP) is 3.06. The molecule has 0 bridgehead atoms. The molecule has 0 saturated heterocycles. The van der Waals surface area contributed by atoms with Crippen LogP contribution < -0.4 is 0 Å². The number of nitrogens with zero attached hydrogens (tertiary/aromatic N) is 1. The van der Waals surface area contributed by atoms with E-state index in [0.29, 0.717) is 12.3 Å². The number of hydrogen-bond acceptors (Lipinski definition) is 4. The number of esters is 1. The highest BCUT2D eigenvalue weighted by molar-refractivity contribution is 6.13. The van der Waals surface area contributed by atoms with E-state index in [9.17, 15) is 4.79 Å². The van der Waals surface area contributed by atoms with Crippen molar-refractivity contribution in [3.8, 4) is 0 Å². The van der Waals surface area contributed by atoms with Crippen molar-refractivity contribution in [3.05, 3.63) is 71.8 Å². The summed E-state index contributed by atoms with van der Waals surface area (Å²) in [7, 11) is 1.44. The molecule has 0 aliphatic heterocycles. The number of carbonyl (C=O) groups excluding carboxylic acids is 1. The molecule has 0 spiro atoms. The van der Waals surface area contributed by atoms with Crippen molar-refractivity contribution < 1.29 is 14.3 Å². The van der Waals surface area contributed by atoms with E-state index < -0.39 is 12.2 Å². The van der Waals surface area contributed by atoms with E-state index in [0.717, 1.165) is 11.1 Å². The Morgan fingerprint density at radius 3 is 1.91 bits per heavy atom. The van der Waals surface area contributed by atoms with Crippen LogP contribution in [0.5, 0.6) is 0 Å². The van der Waals surface area contributed by atoms with Gasteiger partial charge in [-0.3, -0.25) is 0 Å². The molecule has 4 nitrogen and oxygen atoms in total. The van der Waals surface area contributed by atoms with Gasteiger partial charge in [0.05, 0.1) is 12.3 Å². The van der Waals surface area contributed by atoms with Crippen LogP contribution in [0.2, 0.25) is 0 Å². The lowest BCUT2D eigenvalue weighted by Gasteiger charge is -2.13. The number of ether oxygens (including phenoxy) is 2. The van der Waals surface area contributed by atoms with Crippen LogP contribution in [-0.2, 0) is 14.3 Å². The molecule has 0 aromatic heterocycles. The minimum Gasteiger partial charge on any atom is -0.463 e. The summed E-state index contributed by atoms with van der Waals surface area (Å²) in [4.78, 5) is 16.4. The lowest BCUT2D eigenvalue weighted by molar-refractivity contribution is -0.154. The van der Waals surface area contributed by atoms with Crippen LogP contribution >= 0.6 is 0 Å². The van der Waals surface area contributed by atoms with Crippen molar-refractivity contribution in [2.45, 2.75) is 13.2 Å². The quantitative estimate of drug-likeness (QED) is 0.608. The topological polar surface area (TPSA) is 47.9 Å². The van der Waals surface area contributed by atoms with Crippen molar-refractivity contribution in [1.29, 1.82) is 0 Å². The first-order valence-electron chi connectivity index (χ1n) is 7.14. The third-order valence-corrected chi connectivity index (χ3v) is 3.05. The first-order chi connectivity index (χ1) is 10.8. The fraction of sp³-hybridized carbons (Fsp3) is 0.222. The molecule has 2 aromatic rings. The van der Waals surface area contributed by atoms with Gasteiger partial charge < -0.3 is 9.47 Å². The van der Waals surface area contributed by atoms with Gasteiger partial charge in [-0.2, -0.15) is 0 Å². The maximum absolute atomic E-state index is 11.9. The Balaban J connectivity index is 2.44. The first kappa shape index (κ1) is 15.9. The fourth-order valence-corrected chi connectivity index (χ4v) is 2.04. The Labute approximate surface area is 130 Å². The Morgan fingerprint density at radius 1 is 1.00 bits per heavy atom. The number of rotatable bonds is 6. The Kier molecular flexibility index (Phi) is 5.86. The zero-order valence-corrected chi connectivity index (χ0v) is 12.7. The molecule has 0 fully saturated rings. The van der Waals surface area contributed by atoms with Gasteiger partial charge in [-0.1, -0.05) is 60.7 Å². The van der Waals surface area contributed by atoms with Gasteiger partial charge in [0, 0.05) is 18.2 Å². The summed E-state index contributed by atoms with van der Waals surface area (Å²) in [5, 5.41) is 0. The van der Waals surface area contributed by atoms with Crippen LogP contribution in [0.3, 0.4) is 0 Å². The number of benzene rings is 2. The minimum absolute atomic E-state index is 0.292. The Bertz CT molecular complexity index is 582. The maximum atomic E-state index is 11.9. The molecule has 0 N–H and O–H groups in total. The van der Waals surface area contributed by atoms with E-state index in [-0.39, 0.29) is 0 Å². The van der Waals surface area contributed by atoms with Crippen LogP contribution in [0, 0.1) is 0 Å². The number of carbonyl (C=O) groups is 1. The number of hydrogen-bond donors (Lipinski definition) is 0. The van der Waals surface area contributed by atoms with Crippen LogP contribution in [0.25, 0.3) is 0 Å². The molecule has 2 rings (SSSR count). The standard InChI is InChI=1S/C18H19NO3/c1-3-22-18(20)17(21-2)19-16(14-10-6-4-7-11-14)15-12-8-5-9-13-15/h4-13,17H,3H2,1-2H3. The molecular formula is C18H19NO3. The van der Waals surface area contributed by atoms with E-state index >= 15 is 0 Å². The zero-order chi connectivity index (χ0) is 15.8. The first-order valence-corrected chi connectivity index (χ1v) is 7.14. The summed E-state index contributed by atoms with van der Waals surface area (Å²) < 4.78 is 10.2. The molecule has 114 valence electrons. The minimum atomic E-state index is -0.977. The van der Waals surface area contributed by atoms with Gasteiger partial charge in [-0.15, -0.1) is 0 Å². The molecule has 4 heteroatoms. The van der Waals surface area contributed by atoms with Crippen molar-refractivity contribution in [2.24, 2.45) is 4.99 Å². The normalized spacial score (nSPS) is 11.5. The van der Waals surface area contributed by atoms with E-state index in [2.05, 4.69) is 4.99 Å². The maximum Gasteiger partial charge on any atom is 0.358 e. The highest BCUT2D eigenvalue weighted by Gasteiger charge is 2.20. The molecule has 1 unspecified atom stereocenters. The number of methoxy groups -OCH3 is 1. The third-order valence-electron chi connectivity index (χ3n) is 3.05. The van der Waals surface area contributed by atoms with Crippen molar-refractivity contribution in [2.75, 3.05) is 13.7 Å². The monoisotopic (exact) mass is 297 g/mol. The summed E-state index contributed by atoms with van der Waals surface area (Å²) in [5.74, 6) is -0.491. The largest absolute Gasteiger partial charge is 0.463 e. The SMILES string of the molecule is CCOC(=O)C(N=C(c1ccccc1)c1ccccc1)OC. The molecule has 2 aromatic carbocycles. The molecule has 0 amide bonds. The molecule has 1 atom stereocenters. The van der Waals surface area contributed by atoms with Gasteiger partial charge in [-0.05, 0) is 6.92 Å². The molecule has 0 saturated carbocycles. The van der Waals surface area contributed by atoms with Crippen molar-refractivity contribution in [3.63, 3.8) is 0 Å². The average molecular weight is 297 g/mol. The predicted molar refractivity (Wildman–Crippen MR) is 86.0 cm³/mol. The van der Waals surface area contributed by atoms with Gasteiger partial charge in [0.25, 0.3) is 0 Å². The summed E-state index contributed by atoms with van der Waals surface area (Å²) in [6.45, 7) is 2.05. The molecule has 22 heavy (non-hydrogen) atoms. The summed E-state index contributed by atoms with van der Waals surface area (Å²) in [6, 6.07) is 19.4. The van der Waals surface area contributed by atoms with Crippen LogP contribution in [0.4, 0.5) is 0 Å². The summed E-state index contributed by atoms with van der Waals surface area (Å²) in [5.41, 5.74) is 2.53. The summed E-state index contributed by atoms with van der Waals surface area (Å²) >= 11 is 0. The smallest absolute Gasteiger partial charge is 0.358 e. The van der Waals surface area contributed by atoms with Gasteiger partial charge in [-0.25, -0.2) is 9.79 Å². The van der Waals surface area contributed by atoms with E-state index in [1.165, 1.54) is 7.11 Å². The van der Waals surface area contributed by atoms with Crippen molar-refractivity contribution >= 4 is 11.7 Å². The summed E-state index contributed by atoms with van der Waals surface area (Å²) in [6.07, 6.45) is -0.977. The molecule has 0 aliphatic rings. The molecule has 0 heterocycles. The zero-order valence-electron chi connectivity index (χ0n) is 12.7. The highest BCUT2D eigenvalue weighted by atomic mass is 16.6. The average Bonchev–Trinajstić information content (AvgIpc) is 2.57. The van der Waals surface area contributed by atoms with Gasteiger partial charge >= 0.3 is 5.97 Å². The van der Waals surface area contributed by atoms with Gasteiger partial charge in [0.1, 0.15) is 0 Å².